The summed E-state index contributed by atoms with van der Waals surface area (Å²) < 4.78 is 0. The van der Waals surface area contributed by atoms with Crippen molar-refractivity contribution in [2.24, 2.45) is 16.7 Å². The maximum atomic E-state index is 11.9. The van der Waals surface area contributed by atoms with Crippen molar-refractivity contribution in [1.82, 2.24) is 4.90 Å². The van der Waals surface area contributed by atoms with Gasteiger partial charge < -0.3 is 0 Å². The Morgan fingerprint density at radius 1 is 1.33 bits per heavy atom. The summed E-state index contributed by atoms with van der Waals surface area (Å²) >= 11 is 0. The zero-order chi connectivity index (χ0) is 14.4. The molecule has 6 atom stereocenters. The van der Waals surface area contributed by atoms with Crippen molar-refractivity contribution in [1.29, 1.82) is 0 Å². The number of rotatable bonds is 1. The number of fused-ring (bicyclic) bond motifs is 2. The zero-order valence-corrected chi connectivity index (χ0v) is 13.0. The highest BCUT2D eigenvalue weighted by molar-refractivity contribution is 5.83. The molecule has 2 heteroatoms. The summed E-state index contributed by atoms with van der Waals surface area (Å²) in [5.74, 6) is 1.25. The fraction of sp³-hybridized carbons (Fsp3) is 0.737. The Hall–Kier alpha value is -0.890. The van der Waals surface area contributed by atoms with E-state index in [2.05, 4.69) is 24.5 Å². The summed E-state index contributed by atoms with van der Waals surface area (Å²) in [7, 11) is 0. The number of carbonyl (C=O) groups excluding carboxylic acids is 1. The third-order valence-electron chi connectivity index (χ3n) is 7.59. The maximum Gasteiger partial charge on any atom is 0.137 e. The van der Waals surface area contributed by atoms with E-state index in [1.54, 1.807) is 5.57 Å². The first-order chi connectivity index (χ1) is 10.1. The molecule has 5 rings (SSSR count). The van der Waals surface area contributed by atoms with Crippen LogP contribution in [0.25, 0.3) is 0 Å². The van der Waals surface area contributed by atoms with Gasteiger partial charge in [-0.05, 0) is 37.0 Å². The van der Waals surface area contributed by atoms with Crippen molar-refractivity contribution < 1.29 is 4.79 Å². The van der Waals surface area contributed by atoms with Crippen molar-refractivity contribution in [3.05, 3.63) is 23.8 Å². The molecule has 0 aromatic heterocycles. The van der Waals surface area contributed by atoms with E-state index in [9.17, 15) is 4.79 Å². The van der Waals surface area contributed by atoms with Crippen LogP contribution in [0.2, 0.25) is 0 Å². The molecule has 5 aliphatic rings. The molecule has 3 fully saturated rings. The van der Waals surface area contributed by atoms with Gasteiger partial charge in [0.05, 0.1) is 0 Å². The lowest BCUT2D eigenvalue weighted by Crippen LogP contribution is -2.55. The quantitative estimate of drug-likeness (QED) is 0.687. The number of Topliss-reactive ketones (excluding diaryl/α,β-unsaturated/α-hetero) is 1. The van der Waals surface area contributed by atoms with Crippen molar-refractivity contribution in [2.45, 2.75) is 64.0 Å². The first kappa shape index (κ1) is 12.6. The van der Waals surface area contributed by atoms with Crippen LogP contribution < -0.4 is 0 Å². The molecule has 0 aromatic rings. The fourth-order valence-electron chi connectivity index (χ4n) is 7.16. The molecule has 3 aliphatic heterocycles. The van der Waals surface area contributed by atoms with Gasteiger partial charge in [-0.1, -0.05) is 30.6 Å². The monoisotopic (exact) mass is 283 g/mol. The van der Waals surface area contributed by atoms with Crippen molar-refractivity contribution in [3.63, 3.8) is 0 Å². The molecule has 0 amide bonds. The topological polar surface area (TPSA) is 20.3 Å². The summed E-state index contributed by atoms with van der Waals surface area (Å²) in [6.45, 7) is 8.11. The second-order valence-corrected chi connectivity index (χ2v) is 8.49. The Balaban J connectivity index is 1.69. The van der Waals surface area contributed by atoms with E-state index in [1.807, 2.05) is 0 Å². The molecule has 2 aliphatic carbocycles. The minimum Gasteiger partial charge on any atom is -0.299 e. The summed E-state index contributed by atoms with van der Waals surface area (Å²) in [5, 5.41) is 0. The molecule has 1 unspecified atom stereocenters. The second-order valence-electron chi connectivity index (χ2n) is 8.49. The van der Waals surface area contributed by atoms with E-state index in [4.69, 9.17) is 0 Å². The van der Waals surface area contributed by atoms with E-state index in [-0.39, 0.29) is 0 Å². The lowest BCUT2D eigenvalue weighted by atomic mass is 9.52. The zero-order valence-electron chi connectivity index (χ0n) is 13.0. The average molecular weight is 283 g/mol. The van der Waals surface area contributed by atoms with E-state index in [0.717, 1.165) is 25.2 Å². The first-order valence-electron chi connectivity index (χ1n) is 8.71. The standard InChI is InChI=1S/C19H25NO/c1-3-19-8-4-7-18(2)11-20-15(16(18)19)10-12-9-13(21)5-6-14(12)17(19)20/h3,15-17H,1,4-11H2,2H3/t15-,16+,17+,18-,19-/m0/s1. The molecular formula is C19H25NO. The van der Waals surface area contributed by atoms with Crippen LogP contribution in [0.1, 0.15) is 51.9 Å². The van der Waals surface area contributed by atoms with Crippen molar-refractivity contribution in [3.8, 4) is 0 Å². The molecule has 3 heterocycles. The fourth-order valence-corrected chi connectivity index (χ4v) is 7.16. The van der Waals surface area contributed by atoms with Crippen LogP contribution in [-0.2, 0) is 4.79 Å². The lowest BCUT2D eigenvalue weighted by molar-refractivity contribution is -0.119. The van der Waals surface area contributed by atoms with Crippen molar-refractivity contribution >= 4 is 5.78 Å². The SMILES string of the molecule is C=C[C@@]12CCC[C@@]3(C)CN4[C@@H](CC5=C(CCC(=O)C5)[C@@H]41)[C@H]32. The average Bonchev–Trinajstić information content (AvgIpc) is 2.84. The van der Waals surface area contributed by atoms with Gasteiger partial charge in [0.25, 0.3) is 0 Å². The summed E-state index contributed by atoms with van der Waals surface area (Å²) in [5.41, 5.74) is 3.98. The van der Waals surface area contributed by atoms with Crippen molar-refractivity contribution in [2.75, 3.05) is 6.54 Å². The Morgan fingerprint density at radius 3 is 3.00 bits per heavy atom. The molecule has 0 aromatic carbocycles. The third-order valence-corrected chi connectivity index (χ3v) is 7.59. The van der Waals surface area contributed by atoms with E-state index >= 15 is 0 Å². The van der Waals surface area contributed by atoms with Gasteiger partial charge in [-0.25, -0.2) is 0 Å². The number of piperidine rings is 1. The molecule has 0 spiro atoms. The van der Waals surface area contributed by atoms with Crippen LogP contribution in [0.4, 0.5) is 0 Å². The van der Waals surface area contributed by atoms with Gasteiger partial charge in [-0.3, -0.25) is 9.69 Å². The number of hydrogen-bond donors (Lipinski definition) is 0. The molecule has 21 heavy (non-hydrogen) atoms. The second kappa shape index (κ2) is 3.71. The number of carbonyl (C=O) groups is 1. The van der Waals surface area contributed by atoms with Gasteiger partial charge in [0.15, 0.2) is 0 Å². The lowest BCUT2D eigenvalue weighted by Gasteiger charge is -2.55. The molecule has 4 bridgehead atoms. The Labute approximate surface area is 127 Å². The molecule has 2 nitrogen and oxygen atoms in total. The molecule has 0 N–H and O–H groups in total. The molecule has 112 valence electrons. The predicted octanol–water partition coefficient (Wildman–Crippen LogP) is 3.48. The summed E-state index contributed by atoms with van der Waals surface area (Å²) in [4.78, 5) is 14.7. The number of nitrogens with zero attached hydrogens (tertiary/aromatic N) is 1. The minimum atomic E-state index is 0.313. The van der Waals surface area contributed by atoms with Crippen LogP contribution in [0.15, 0.2) is 23.8 Å². The summed E-state index contributed by atoms with van der Waals surface area (Å²) in [6.07, 6.45) is 10.1. The van der Waals surface area contributed by atoms with Gasteiger partial charge in [0, 0.05) is 36.9 Å². The Kier molecular flexibility index (Phi) is 2.23. The van der Waals surface area contributed by atoms with Crippen LogP contribution in [0, 0.1) is 16.7 Å². The smallest absolute Gasteiger partial charge is 0.137 e. The molecular weight excluding hydrogens is 258 g/mol. The van der Waals surface area contributed by atoms with Crippen LogP contribution >= 0.6 is 0 Å². The van der Waals surface area contributed by atoms with Gasteiger partial charge in [0.1, 0.15) is 5.78 Å². The van der Waals surface area contributed by atoms with Gasteiger partial charge in [0.2, 0.25) is 0 Å². The molecule has 1 saturated carbocycles. The highest BCUT2D eigenvalue weighted by Gasteiger charge is 2.71. The predicted molar refractivity (Wildman–Crippen MR) is 82.9 cm³/mol. The first-order valence-corrected chi connectivity index (χ1v) is 8.71. The van der Waals surface area contributed by atoms with Gasteiger partial charge in [-0.15, -0.1) is 6.58 Å². The third kappa shape index (κ3) is 1.28. The van der Waals surface area contributed by atoms with Crippen LogP contribution in [0.3, 0.4) is 0 Å². The highest BCUT2D eigenvalue weighted by atomic mass is 16.1. The van der Waals surface area contributed by atoms with E-state index in [1.165, 1.54) is 37.8 Å². The molecule has 0 radical (unpaired) electrons. The Morgan fingerprint density at radius 2 is 2.19 bits per heavy atom. The van der Waals surface area contributed by atoms with E-state index < -0.39 is 0 Å². The minimum absolute atomic E-state index is 0.313. The number of ketones is 1. The van der Waals surface area contributed by atoms with Gasteiger partial charge >= 0.3 is 0 Å². The van der Waals surface area contributed by atoms with Gasteiger partial charge in [-0.2, -0.15) is 0 Å². The molecule has 2 saturated heterocycles. The maximum absolute atomic E-state index is 11.9. The van der Waals surface area contributed by atoms with Crippen LogP contribution in [-0.4, -0.2) is 29.3 Å². The highest BCUT2D eigenvalue weighted by Crippen LogP contribution is 2.70. The summed E-state index contributed by atoms with van der Waals surface area (Å²) in [6, 6.07) is 1.29. The van der Waals surface area contributed by atoms with E-state index in [0.29, 0.717) is 28.7 Å². The van der Waals surface area contributed by atoms with Crippen LogP contribution in [0.5, 0.6) is 0 Å². The normalized spacial score (nSPS) is 53.9. The number of hydrogen-bond acceptors (Lipinski definition) is 2. The largest absolute Gasteiger partial charge is 0.299 e. The Bertz CT molecular complexity index is 590.